The first-order valence-electron chi connectivity index (χ1n) is 5.98. The predicted octanol–water partition coefficient (Wildman–Crippen LogP) is -0.278. The molecule has 0 aromatic heterocycles. The summed E-state index contributed by atoms with van der Waals surface area (Å²) in [7, 11) is 2.08. The zero-order chi connectivity index (χ0) is 11.3. The van der Waals surface area contributed by atoms with Crippen LogP contribution in [0.25, 0.3) is 0 Å². The van der Waals surface area contributed by atoms with Crippen LogP contribution in [0.5, 0.6) is 0 Å². The largest absolute Gasteiger partial charge is 0.395 e. The fourth-order valence-electron chi connectivity index (χ4n) is 2.31. The third-order valence-electron chi connectivity index (χ3n) is 3.64. The summed E-state index contributed by atoms with van der Waals surface area (Å²) in [4.78, 5) is 4.73. The normalized spacial score (nSPS) is 22.2. The molecule has 4 heteroatoms. The van der Waals surface area contributed by atoms with E-state index in [2.05, 4.69) is 23.8 Å². The standard InChI is InChI=1S/C11H25N3O/c1-3-14-6-4-10(5-7-14)13(2)11(8-12)9-15/h10-11,15H,3-9,12H2,1-2H3. The van der Waals surface area contributed by atoms with Crippen molar-refractivity contribution in [3.63, 3.8) is 0 Å². The SMILES string of the molecule is CCN1CCC(N(C)C(CN)CO)CC1. The van der Waals surface area contributed by atoms with Gasteiger partial charge in [-0.05, 0) is 39.5 Å². The van der Waals surface area contributed by atoms with Crippen LogP contribution >= 0.6 is 0 Å². The molecule has 0 amide bonds. The highest BCUT2D eigenvalue weighted by molar-refractivity contribution is 4.82. The highest BCUT2D eigenvalue weighted by Gasteiger charge is 2.25. The lowest BCUT2D eigenvalue weighted by Crippen LogP contribution is -2.50. The smallest absolute Gasteiger partial charge is 0.0599 e. The summed E-state index contributed by atoms with van der Waals surface area (Å²) >= 11 is 0. The molecule has 1 unspecified atom stereocenters. The van der Waals surface area contributed by atoms with E-state index in [-0.39, 0.29) is 12.6 Å². The van der Waals surface area contributed by atoms with Gasteiger partial charge in [0, 0.05) is 18.6 Å². The minimum absolute atomic E-state index is 0.128. The van der Waals surface area contributed by atoms with E-state index in [1.165, 1.54) is 25.9 Å². The van der Waals surface area contributed by atoms with Crippen molar-refractivity contribution in [2.45, 2.75) is 31.8 Å². The van der Waals surface area contributed by atoms with Crippen molar-refractivity contribution in [1.82, 2.24) is 9.80 Å². The van der Waals surface area contributed by atoms with Crippen LogP contribution in [0, 0.1) is 0 Å². The maximum Gasteiger partial charge on any atom is 0.0599 e. The van der Waals surface area contributed by atoms with Gasteiger partial charge >= 0.3 is 0 Å². The Labute approximate surface area is 93.0 Å². The molecular weight excluding hydrogens is 190 g/mol. The number of piperidine rings is 1. The van der Waals surface area contributed by atoms with E-state index in [0.717, 1.165) is 6.54 Å². The van der Waals surface area contributed by atoms with E-state index < -0.39 is 0 Å². The Hall–Kier alpha value is -0.160. The van der Waals surface area contributed by atoms with Crippen molar-refractivity contribution < 1.29 is 5.11 Å². The van der Waals surface area contributed by atoms with E-state index in [1.807, 2.05) is 0 Å². The van der Waals surface area contributed by atoms with Gasteiger partial charge in [-0.15, -0.1) is 0 Å². The molecule has 90 valence electrons. The monoisotopic (exact) mass is 215 g/mol. The number of likely N-dealkylation sites (tertiary alicyclic amines) is 1. The van der Waals surface area contributed by atoms with Gasteiger partial charge in [0.25, 0.3) is 0 Å². The van der Waals surface area contributed by atoms with Crippen molar-refractivity contribution in [2.75, 3.05) is 39.8 Å². The summed E-state index contributed by atoms with van der Waals surface area (Å²) in [6.45, 7) is 6.42. The van der Waals surface area contributed by atoms with E-state index in [0.29, 0.717) is 12.6 Å². The van der Waals surface area contributed by atoms with Gasteiger partial charge in [-0.3, -0.25) is 4.90 Å². The number of nitrogens with two attached hydrogens (primary N) is 1. The molecule has 1 saturated heterocycles. The van der Waals surface area contributed by atoms with Crippen LogP contribution in [0.4, 0.5) is 0 Å². The molecule has 0 radical (unpaired) electrons. The van der Waals surface area contributed by atoms with E-state index in [9.17, 15) is 5.11 Å². The molecule has 15 heavy (non-hydrogen) atoms. The number of hydrogen-bond donors (Lipinski definition) is 2. The van der Waals surface area contributed by atoms with Crippen LogP contribution in [0.3, 0.4) is 0 Å². The molecule has 0 bridgehead atoms. The maximum atomic E-state index is 9.19. The Morgan fingerprint density at radius 1 is 1.47 bits per heavy atom. The summed E-state index contributed by atoms with van der Waals surface area (Å²) in [5.74, 6) is 0. The number of aliphatic hydroxyl groups is 1. The predicted molar refractivity (Wildman–Crippen MR) is 62.8 cm³/mol. The first kappa shape index (κ1) is 12.9. The molecule has 4 nitrogen and oxygen atoms in total. The van der Waals surface area contributed by atoms with Gasteiger partial charge in [0.2, 0.25) is 0 Å². The second-order valence-corrected chi connectivity index (χ2v) is 4.40. The van der Waals surface area contributed by atoms with Crippen molar-refractivity contribution in [1.29, 1.82) is 0 Å². The van der Waals surface area contributed by atoms with Crippen LogP contribution in [0.1, 0.15) is 19.8 Å². The summed E-state index contributed by atoms with van der Waals surface area (Å²) in [5.41, 5.74) is 5.63. The van der Waals surface area contributed by atoms with Gasteiger partial charge in [-0.2, -0.15) is 0 Å². The average Bonchev–Trinajstić information content (AvgIpc) is 2.30. The average molecular weight is 215 g/mol. The van der Waals surface area contributed by atoms with Gasteiger partial charge in [0.05, 0.1) is 6.61 Å². The first-order valence-corrected chi connectivity index (χ1v) is 5.98. The molecular formula is C11H25N3O. The Morgan fingerprint density at radius 2 is 2.07 bits per heavy atom. The Morgan fingerprint density at radius 3 is 2.47 bits per heavy atom. The Kier molecular flexibility index (Phi) is 5.53. The van der Waals surface area contributed by atoms with Crippen LogP contribution in [0.2, 0.25) is 0 Å². The maximum absolute atomic E-state index is 9.19. The minimum Gasteiger partial charge on any atom is -0.395 e. The molecule has 0 aliphatic carbocycles. The molecule has 0 saturated carbocycles. The topological polar surface area (TPSA) is 52.7 Å². The molecule has 3 N–H and O–H groups in total. The third kappa shape index (κ3) is 3.41. The summed E-state index contributed by atoms with van der Waals surface area (Å²) < 4.78 is 0. The fraction of sp³-hybridized carbons (Fsp3) is 1.00. The number of likely N-dealkylation sites (N-methyl/N-ethyl adjacent to an activating group) is 1. The lowest BCUT2D eigenvalue weighted by molar-refractivity contribution is 0.0719. The molecule has 1 heterocycles. The zero-order valence-electron chi connectivity index (χ0n) is 10.0. The third-order valence-corrected chi connectivity index (χ3v) is 3.64. The van der Waals surface area contributed by atoms with Crippen molar-refractivity contribution in [3.05, 3.63) is 0 Å². The molecule has 1 rings (SSSR count). The molecule has 1 aliphatic heterocycles. The number of aliphatic hydroxyl groups excluding tert-OH is 1. The van der Waals surface area contributed by atoms with E-state index in [4.69, 9.17) is 5.73 Å². The number of hydrogen-bond acceptors (Lipinski definition) is 4. The Balaban J connectivity index is 2.38. The molecule has 1 aliphatic rings. The van der Waals surface area contributed by atoms with Crippen LogP contribution in [0.15, 0.2) is 0 Å². The number of rotatable bonds is 5. The molecule has 0 aromatic carbocycles. The van der Waals surface area contributed by atoms with Gasteiger partial charge < -0.3 is 15.7 Å². The van der Waals surface area contributed by atoms with Gasteiger partial charge in [-0.25, -0.2) is 0 Å². The minimum atomic E-state index is 0.128. The van der Waals surface area contributed by atoms with Crippen molar-refractivity contribution in [3.8, 4) is 0 Å². The van der Waals surface area contributed by atoms with Crippen molar-refractivity contribution >= 4 is 0 Å². The molecule has 1 fully saturated rings. The zero-order valence-corrected chi connectivity index (χ0v) is 10.0. The van der Waals surface area contributed by atoms with Crippen LogP contribution < -0.4 is 5.73 Å². The van der Waals surface area contributed by atoms with Crippen molar-refractivity contribution in [2.24, 2.45) is 5.73 Å². The van der Waals surface area contributed by atoms with E-state index >= 15 is 0 Å². The summed E-state index contributed by atoms with van der Waals surface area (Å²) in [5, 5.41) is 9.19. The van der Waals surface area contributed by atoms with Crippen LogP contribution in [-0.2, 0) is 0 Å². The lowest BCUT2D eigenvalue weighted by atomic mass is 10.0. The lowest BCUT2D eigenvalue weighted by Gasteiger charge is -2.39. The molecule has 0 spiro atoms. The summed E-state index contributed by atoms with van der Waals surface area (Å²) in [6, 6.07) is 0.719. The highest BCUT2D eigenvalue weighted by atomic mass is 16.3. The Bertz CT molecular complexity index is 165. The second kappa shape index (κ2) is 6.43. The van der Waals surface area contributed by atoms with Crippen LogP contribution in [-0.4, -0.2) is 66.8 Å². The molecule has 1 atom stereocenters. The van der Waals surface area contributed by atoms with Gasteiger partial charge in [0.1, 0.15) is 0 Å². The molecule has 0 aromatic rings. The number of nitrogens with zero attached hydrogens (tertiary/aromatic N) is 2. The second-order valence-electron chi connectivity index (χ2n) is 4.40. The quantitative estimate of drug-likeness (QED) is 0.662. The highest BCUT2D eigenvalue weighted by Crippen LogP contribution is 2.16. The fourth-order valence-corrected chi connectivity index (χ4v) is 2.31. The van der Waals surface area contributed by atoms with E-state index in [1.54, 1.807) is 0 Å². The summed E-state index contributed by atoms with van der Waals surface area (Å²) in [6.07, 6.45) is 2.39. The first-order chi connectivity index (χ1) is 7.22. The van der Waals surface area contributed by atoms with Gasteiger partial charge in [-0.1, -0.05) is 6.92 Å². The van der Waals surface area contributed by atoms with Gasteiger partial charge in [0.15, 0.2) is 0 Å².